The Morgan fingerprint density at radius 3 is 0.905 bits per heavy atom. The topological polar surface area (TPSA) is 72.5 Å². The highest BCUT2D eigenvalue weighted by Gasteiger charge is 2.43. The maximum Gasteiger partial charge on any atom is 0.508 e. The Morgan fingerprint density at radius 1 is 0.452 bits per heavy atom. The first-order chi connectivity index (χ1) is 18.3. The summed E-state index contributed by atoms with van der Waals surface area (Å²) in [4.78, 5) is 12.9. The number of carbonyl (C=O) groups excluding carboxylic acids is 1. The minimum atomic E-state index is -2.13. The standard InChI is InChI=1S/C31H70O7Si4/c1-28(2,3)39(13,14)35-23-25(37-41(17,18)30(7,8)9)21-33-27(32)34-22-26(38-42(19,20)31(10,11)12)24-36-40(15,16)29(4,5)6/h25-26H,21-24H2,1-20H3. The molecule has 0 aliphatic rings. The van der Waals surface area contributed by atoms with Crippen LogP contribution in [0.1, 0.15) is 83.1 Å². The second-order valence-electron chi connectivity index (χ2n) is 18.0. The Kier molecular flexibility index (Phi) is 14.6. The van der Waals surface area contributed by atoms with Gasteiger partial charge < -0.3 is 27.2 Å². The first-order valence-electron chi connectivity index (χ1n) is 15.7. The van der Waals surface area contributed by atoms with Crippen molar-refractivity contribution in [2.75, 3.05) is 26.4 Å². The van der Waals surface area contributed by atoms with E-state index < -0.39 is 39.4 Å². The monoisotopic (exact) mass is 666 g/mol. The molecule has 0 aliphatic heterocycles. The van der Waals surface area contributed by atoms with Gasteiger partial charge in [-0.25, -0.2) is 4.79 Å². The Labute approximate surface area is 265 Å². The van der Waals surface area contributed by atoms with Crippen LogP contribution < -0.4 is 0 Å². The van der Waals surface area contributed by atoms with Crippen LogP contribution in [0.5, 0.6) is 0 Å². The Balaban J connectivity index is 5.62. The van der Waals surface area contributed by atoms with Gasteiger partial charge in [0.1, 0.15) is 25.4 Å². The van der Waals surface area contributed by atoms with Crippen LogP contribution in [0.25, 0.3) is 0 Å². The van der Waals surface area contributed by atoms with Crippen molar-refractivity contribution in [2.24, 2.45) is 0 Å². The van der Waals surface area contributed by atoms with E-state index in [4.69, 9.17) is 27.2 Å². The molecular formula is C31H70O7Si4. The van der Waals surface area contributed by atoms with Crippen LogP contribution in [0.2, 0.25) is 72.5 Å². The number of ether oxygens (including phenoxy) is 2. The lowest BCUT2D eigenvalue weighted by molar-refractivity contribution is -0.0141. The third-order valence-corrected chi connectivity index (χ3v) is 28.3. The van der Waals surface area contributed by atoms with Crippen molar-refractivity contribution < 1.29 is 32.0 Å². The highest BCUT2D eigenvalue weighted by molar-refractivity contribution is 6.75. The lowest BCUT2D eigenvalue weighted by Gasteiger charge is -2.41. The van der Waals surface area contributed by atoms with E-state index >= 15 is 0 Å². The summed E-state index contributed by atoms with van der Waals surface area (Å²) >= 11 is 0. The van der Waals surface area contributed by atoms with Crippen molar-refractivity contribution in [1.29, 1.82) is 0 Å². The third-order valence-electron chi connectivity index (χ3n) is 10.2. The molecule has 252 valence electrons. The van der Waals surface area contributed by atoms with Gasteiger partial charge in [-0.15, -0.1) is 0 Å². The van der Waals surface area contributed by atoms with Gasteiger partial charge in [-0.05, 0) is 72.5 Å². The maximum absolute atomic E-state index is 12.9. The molecule has 11 heteroatoms. The number of hydrogen-bond acceptors (Lipinski definition) is 7. The second-order valence-corrected chi connectivity index (χ2v) is 37.1. The normalized spacial score (nSPS) is 16.3. The molecule has 7 nitrogen and oxygen atoms in total. The largest absolute Gasteiger partial charge is 0.508 e. The van der Waals surface area contributed by atoms with Gasteiger partial charge in [0.05, 0.1) is 13.2 Å². The summed E-state index contributed by atoms with van der Waals surface area (Å²) in [6.07, 6.45) is -1.45. The fourth-order valence-electron chi connectivity index (χ4n) is 2.82. The molecule has 0 saturated heterocycles. The smallest absolute Gasteiger partial charge is 0.431 e. The molecule has 0 spiro atoms. The zero-order valence-electron chi connectivity index (χ0n) is 31.3. The quantitative estimate of drug-likeness (QED) is 0.135. The molecule has 0 aromatic heterocycles. The summed E-state index contributed by atoms with van der Waals surface area (Å²) < 4.78 is 37.6. The Bertz CT molecular complexity index is 777. The molecule has 2 unspecified atom stereocenters. The van der Waals surface area contributed by atoms with Crippen LogP contribution >= 0.6 is 0 Å². The molecule has 42 heavy (non-hydrogen) atoms. The SMILES string of the molecule is CC(C)(C)[Si](C)(C)OCC(COC(=O)OCC(CO[Si](C)(C)C(C)(C)C)O[Si](C)(C)C(C)(C)C)O[Si](C)(C)C(C)(C)C. The summed E-state index contributed by atoms with van der Waals surface area (Å²) in [5, 5.41) is 0.169. The van der Waals surface area contributed by atoms with E-state index in [0.717, 1.165) is 0 Å². The Morgan fingerprint density at radius 2 is 0.690 bits per heavy atom. The molecule has 0 bridgehead atoms. The second kappa shape index (κ2) is 14.6. The molecule has 0 radical (unpaired) electrons. The van der Waals surface area contributed by atoms with Crippen molar-refractivity contribution in [3.63, 3.8) is 0 Å². The predicted molar refractivity (Wildman–Crippen MR) is 188 cm³/mol. The molecule has 0 rings (SSSR count). The van der Waals surface area contributed by atoms with Crippen molar-refractivity contribution in [3.05, 3.63) is 0 Å². The molecule has 0 aromatic rings. The Hall–Kier alpha value is -0.0225. The molecule has 0 aromatic carbocycles. The van der Waals surface area contributed by atoms with Gasteiger partial charge in [-0.3, -0.25) is 0 Å². The van der Waals surface area contributed by atoms with E-state index in [9.17, 15) is 4.79 Å². The first-order valence-corrected chi connectivity index (χ1v) is 27.3. The van der Waals surface area contributed by atoms with Gasteiger partial charge in [0.2, 0.25) is 0 Å². The number of rotatable bonds is 14. The van der Waals surface area contributed by atoms with E-state index in [1.54, 1.807) is 0 Å². The zero-order chi connectivity index (χ0) is 33.8. The third kappa shape index (κ3) is 13.1. The fourth-order valence-corrected chi connectivity index (χ4v) is 7.54. The molecule has 0 heterocycles. The van der Waals surface area contributed by atoms with Gasteiger partial charge in [0, 0.05) is 0 Å². The van der Waals surface area contributed by atoms with Crippen LogP contribution in [0, 0.1) is 0 Å². The van der Waals surface area contributed by atoms with E-state index in [-0.39, 0.29) is 45.6 Å². The van der Waals surface area contributed by atoms with Crippen LogP contribution in [0.4, 0.5) is 4.79 Å². The van der Waals surface area contributed by atoms with E-state index in [1.807, 2.05) is 0 Å². The first kappa shape index (κ1) is 42.0. The molecule has 0 amide bonds. The zero-order valence-corrected chi connectivity index (χ0v) is 35.3. The molecule has 0 aliphatic carbocycles. The van der Waals surface area contributed by atoms with Crippen LogP contribution in [0.3, 0.4) is 0 Å². The lowest BCUT2D eigenvalue weighted by atomic mass is 10.2. The van der Waals surface area contributed by atoms with Crippen LogP contribution in [-0.2, 0) is 27.2 Å². The average molecular weight is 667 g/mol. The summed E-state index contributed by atoms with van der Waals surface area (Å²) in [5.41, 5.74) is 0. The average Bonchev–Trinajstić information content (AvgIpc) is 2.74. The van der Waals surface area contributed by atoms with Gasteiger partial charge in [-0.2, -0.15) is 0 Å². The molecule has 0 fully saturated rings. The number of carbonyl (C=O) groups is 1. The van der Waals surface area contributed by atoms with Crippen LogP contribution in [-0.4, -0.2) is 78.1 Å². The molecule has 0 saturated carbocycles. The van der Waals surface area contributed by atoms with E-state index in [2.05, 4.69) is 135 Å². The van der Waals surface area contributed by atoms with Gasteiger partial charge in [0.15, 0.2) is 33.3 Å². The summed E-state index contributed by atoms with van der Waals surface area (Å²) in [6, 6.07) is 0. The maximum atomic E-state index is 12.9. The number of hydrogen-bond donors (Lipinski definition) is 0. The van der Waals surface area contributed by atoms with Crippen molar-refractivity contribution in [2.45, 2.75) is 168 Å². The van der Waals surface area contributed by atoms with Gasteiger partial charge in [-0.1, -0.05) is 83.1 Å². The highest BCUT2D eigenvalue weighted by Crippen LogP contribution is 2.40. The lowest BCUT2D eigenvalue weighted by Crippen LogP contribution is -2.49. The molecular weight excluding hydrogens is 597 g/mol. The molecule has 0 N–H and O–H groups in total. The summed E-state index contributed by atoms with van der Waals surface area (Å²) in [7, 11) is -8.29. The predicted octanol–water partition coefficient (Wildman–Crippen LogP) is 9.96. The van der Waals surface area contributed by atoms with Crippen molar-refractivity contribution >= 4 is 39.4 Å². The van der Waals surface area contributed by atoms with E-state index in [0.29, 0.717) is 13.2 Å². The highest BCUT2D eigenvalue weighted by atomic mass is 28.4. The summed E-state index contributed by atoms with van der Waals surface area (Å²) in [5.74, 6) is 0. The van der Waals surface area contributed by atoms with E-state index in [1.165, 1.54) is 0 Å². The van der Waals surface area contributed by atoms with Gasteiger partial charge in [0.25, 0.3) is 0 Å². The minimum Gasteiger partial charge on any atom is -0.431 e. The van der Waals surface area contributed by atoms with Gasteiger partial charge >= 0.3 is 6.16 Å². The van der Waals surface area contributed by atoms with Crippen molar-refractivity contribution in [1.82, 2.24) is 0 Å². The molecule has 2 atom stereocenters. The minimum absolute atomic E-state index is 0.0151. The van der Waals surface area contributed by atoms with Crippen molar-refractivity contribution in [3.8, 4) is 0 Å². The van der Waals surface area contributed by atoms with Crippen LogP contribution in [0.15, 0.2) is 0 Å². The fraction of sp³-hybridized carbons (Fsp3) is 0.968. The summed E-state index contributed by atoms with van der Waals surface area (Å²) in [6.45, 7) is 45.1.